The van der Waals surface area contributed by atoms with Crippen molar-refractivity contribution in [3.63, 3.8) is 0 Å². The van der Waals surface area contributed by atoms with E-state index in [0.717, 1.165) is 12.2 Å². The van der Waals surface area contributed by atoms with Gasteiger partial charge in [-0.3, -0.25) is 0 Å². The van der Waals surface area contributed by atoms with Crippen molar-refractivity contribution in [2.75, 3.05) is 0 Å². The van der Waals surface area contributed by atoms with Crippen molar-refractivity contribution in [3.05, 3.63) is 29.8 Å². The monoisotopic (exact) mass is 178 g/mol. The summed E-state index contributed by atoms with van der Waals surface area (Å²) in [5.41, 5.74) is 0.425. The fraction of sp³-hybridized carbons (Fsp3) is 0.455. The van der Waals surface area contributed by atoms with Crippen LogP contribution in [-0.2, 0) is 6.42 Å². The van der Waals surface area contributed by atoms with Gasteiger partial charge in [0.05, 0.1) is 5.60 Å². The molecule has 70 valence electrons. The molecule has 2 nitrogen and oxygen atoms in total. The Labute approximate surface area is 78.2 Å². The van der Waals surface area contributed by atoms with E-state index in [1.54, 1.807) is 13.8 Å². The Bertz CT molecular complexity index is 287. The zero-order chi connectivity index (χ0) is 9.47. The highest BCUT2D eigenvalue weighted by Gasteiger charge is 2.34. The van der Waals surface area contributed by atoms with Crippen LogP contribution in [0.25, 0.3) is 0 Å². The van der Waals surface area contributed by atoms with Crippen LogP contribution < -0.4 is 4.74 Å². The lowest BCUT2D eigenvalue weighted by Crippen LogP contribution is -2.39. The lowest BCUT2D eigenvalue weighted by Gasteiger charge is -2.24. The summed E-state index contributed by atoms with van der Waals surface area (Å²) in [6.45, 7) is 3.56. The number of hydrogen-bond acceptors (Lipinski definition) is 2. The topological polar surface area (TPSA) is 29.5 Å². The zero-order valence-corrected chi connectivity index (χ0v) is 7.95. The summed E-state index contributed by atoms with van der Waals surface area (Å²) in [5.74, 6) is 0.912. The van der Waals surface area contributed by atoms with Gasteiger partial charge in [-0.05, 0) is 25.5 Å². The maximum absolute atomic E-state index is 9.76. The minimum Gasteiger partial charge on any atom is -0.487 e. The minimum absolute atomic E-state index is 0.107. The molecule has 0 saturated carbocycles. The molecule has 0 unspecified atom stereocenters. The van der Waals surface area contributed by atoms with Gasteiger partial charge in [0.1, 0.15) is 11.9 Å². The fourth-order valence-corrected chi connectivity index (χ4v) is 1.58. The summed E-state index contributed by atoms with van der Waals surface area (Å²) < 4.78 is 5.62. The van der Waals surface area contributed by atoms with Crippen molar-refractivity contribution < 1.29 is 9.84 Å². The first kappa shape index (κ1) is 8.57. The maximum atomic E-state index is 9.76. The molecular weight excluding hydrogens is 164 g/mol. The predicted octanol–water partition coefficient (Wildman–Crippen LogP) is 1.76. The highest BCUT2D eigenvalue weighted by molar-refractivity contribution is 5.37. The molecule has 1 N–H and O–H groups in total. The number of fused-ring (bicyclic) bond motifs is 1. The molecule has 0 amide bonds. The summed E-state index contributed by atoms with van der Waals surface area (Å²) in [4.78, 5) is 0. The molecule has 1 atom stereocenters. The SMILES string of the molecule is CC(C)(O)[C@@H]1Cc2ccccc2O1. The predicted molar refractivity (Wildman–Crippen MR) is 50.9 cm³/mol. The quantitative estimate of drug-likeness (QED) is 0.710. The first-order chi connectivity index (χ1) is 6.07. The Kier molecular flexibility index (Phi) is 1.81. The van der Waals surface area contributed by atoms with E-state index in [1.165, 1.54) is 5.56 Å². The van der Waals surface area contributed by atoms with Crippen LogP contribution in [0.1, 0.15) is 19.4 Å². The van der Waals surface area contributed by atoms with Gasteiger partial charge in [0.15, 0.2) is 0 Å². The van der Waals surface area contributed by atoms with Crippen molar-refractivity contribution in [1.82, 2.24) is 0 Å². The first-order valence-electron chi connectivity index (χ1n) is 4.54. The second-order valence-electron chi connectivity index (χ2n) is 4.07. The first-order valence-corrected chi connectivity index (χ1v) is 4.54. The van der Waals surface area contributed by atoms with Gasteiger partial charge >= 0.3 is 0 Å². The van der Waals surface area contributed by atoms with Crippen molar-refractivity contribution >= 4 is 0 Å². The summed E-state index contributed by atoms with van der Waals surface area (Å²) in [6, 6.07) is 7.93. The van der Waals surface area contributed by atoms with Gasteiger partial charge in [0.25, 0.3) is 0 Å². The highest BCUT2D eigenvalue weighted by Crippen LogP contribution is 2.32. The lowest BCUT2D eigenvalue weighted by atomic mass is 9.97. The fourth-order valence-electron chi connectivity index (χ4n) is 1.58. The van der Waals surface area contributed by atoms with Crippen LogP contribution in [0.2, 0.25) is 0 Å². The summed E-state index contributed by atoms with van der Waals surface area (Å²) in [5, 5.41) is 9.76. The molecule has 0 radical (unpaired) electrons. The Hall–Kier alpha value is -1.02. The number of hydrogen-bond donors (Lipinski definition) is 1. The molecule has 0 aliphatic carbocycles. The molecule has 1 aliphatic rings. The van der Waals surface area contributed by atoms with Crippen LogP contribution in [0.15, 0.2) is 24.3 Å². The summed E-state index contributed by atoms with van der Waals surface area (Å²) >= 11 is 0. The van der Waals surface area contributed by atoms with Gasteiger partial charge in [-0.2, -0.15) is 0 Å². The molecule has 13 heavy (non-hydrogen) atoms. The molecule has 0 fully saturated rings. The van der Waals surface area contributed by atoms with Crippen LogP contribution in [0.5, 0.6) is 5.75 Å². The van der Waals surface area contributed by atoms with Gasteiger partial charge in [-0.1, -0.05) is 18.2 Å². The standard InChI is InChI=1S/C11H14O2/c1-11(2,12)10-7-8-5-3-4-6-9(8)13-10/h3-6,10,12H,7H2,1-2H3/t10-/m0/s1. The Morgan fingerprint density at radius 1 is 1.38 bits per heavy atom. The molecule has 1 aromatic rings. The van der Waals surface area contributed by atoms with E-state index in [1.807, 2.05) is 24.3 Å². The van der Waals surface area contributed by atoms with Gasteiger partial charge in [-0.15, -0.1) is 0 Å². The number of ether oxygens (including phenoxy) is 1. The third-order valence-corrected chi connectivity index (χ3v) is 2.44. The van der Waals surface area contributed by atoms with E-state index in [0.29, 0.717) is 0 Å². The Balaban J connectivity index is 2.23. The van der Waals surface area contributed by atoms with Crippen LogP contribution in [0.4, 0.5) is 0 Å². The van der Waals surface area contributed by atoms with E-state index < -0.39 is 5.60 Å². The van der Waals surface area contributed by atoms with Gasteiger partial charge in [-0.25, -0.2) is 0 Å². The zero-order valence-electron chi connectivity index (χ0n) is 7.95. The molecular formula is C11H14O2. The number of benzene rings is 1. The third-order valence-electron chi connectivity index (χ3n) is 2.44. The second kappa shape index (κ2) is 2.74. The van der Waals surface area contributed by atoms with Crippen LogP contribution in [0, 0.1) is 0 Å². The van der Waals surface area contributed by atoms with E-state index in [-0.39, 0.29) is 6.10 Å². The smallest absolute Gasteiger partial charge is 0.131 e. The van der Waals surface area contributed by atoms with Gasteiger partial charge < -0.3 is 9.84 Å². The molecule has 1 aromatic carbocycles. The van der Waals surface area contributed by atoms with Crippen LogP contribution >= 0.6 is 0 Å². The molecule has 1 aliphatic heterocycles. The third kappa shape index (κ3) is 1.54. The molecule has 0 saturated heterocycles. The van der Waals surface area contributed by atoms with Crippen molar-refractivity contribution in [1.29, 1.82) is 0 Å². The van der Waals surface area contributed by atoms with E-state index >= 15 is 0 Å². The second-order valence-corrected chi connectivity index (χ2v) is 4.07. The molecule has 1 heterocycles. The number of para-hydroxylation sites is 1. The highest BCUT2D eigenvalue weighted by atomic mass is 16.5. The van der Waals surface area contributed by atoms with Gasteiger partial charge in [0, 0.05) is 6.42 Å². The van der Waals surface area contributed by atoms with Gasteiger partial charge in [0.2, 0.25) is 0 Å². The number of rotatable bonds is 1. The van der Waals surface area contributed by atoms with E-state index in [9.17, 15) is 5.11 Å². The van der Waals surface area contributed by atoms with Crippen molar-refractivity contribution in [2.45, 2.75) is 32.0 Å². The van der Waals surface area contributed by atoms with Crippen LogP contribution in [0.3, 0.4) is 0 Å². The van der Waals surface area contributed by atoms with E-state index in [2.05, 4.69) is 0 Å². The summed E-state index contributed by atoms with van der Waals surface area (Å²) in [6.07, 6.45) is 0.699. The molecule has 2 rings (SSSR count). The van der Waals surface area contributed by atoms with Crippen molar-refractivity contribution in [3.8, 4) is 5.75 Å². The molecule has 0 bridgehead atoms. The maximum Gasteiger partial charge on any atom is 0.131 e. The minimum atomic E-state index is -0.765. The average Bonchev–Trinajstić information content (AvgIpc) is 2.45. The molecule has 0 aromatic heterocycles. The van der Waals surface area contributed by atoms with E-state index in [4.69, 9.17) is 4.74 Å². The summed E-state index contributed by atoms with van der Waals surface area (Å²) in [7, 11) is 0. The van der Waals surface area contributed by atoms with Crippen LogP contribution in [-0.4, -0.2) is 16.8 Å². The average molecular weight is 178 g/mol. The van der Waals surface area contributed by atoms with Crippen molar-refractivity contribution in [2.24, 2.45) is 0 Å². The molecule has 2 heteroatoms. The Morgan fingerprint density at radius 3 is 2.69 bits per heavy atom. The number of aliphatic hydroxyl groups is 1. The Morgan fingerprint density at radius 2 is 2.08 bits per heavy atom. The lowest BCUT2D eigenvalue weighted by molar-refractivity contribution is -0.0229. The normalized spacial score (nSPS) is 21.0. The largest absolute Gasteiger partial charge is 0.487 e. The molecule has 0 spiro atoms.